The van der Waals surface area contributed by atoms with Crippen LogP contribution in [0, 0.1) is 0 Å². The average Bonchev–Trinajstić information content (AvgIpc) is 2.87. The normalized spacial score (nSPS) is 11.4. The number of hydrogen-bond donors (Lipinski definition) is 1. The van der Waals surface area contributed by atoms with Crippen molar-refractivity contribution in [3.05, 3.63) is 17.5 Å². The average molecular weight is 267 g/mol. The Bertz CT molecular complexity index is 317. The third-order valence-electron chi connectivity index (χ3n) is 3.20. The molecule has 0 amide bonds. The van der Waals surface area contributed by atoms with Crippen molar-refractivity contribution in [1.82, 2.24) is 15.4 Å². The van der Waals surface area contributed by atoms with Crippen LogP contribution in [0.1, 0.15) is 57.9 Å². The highest BCUT2D eigenvalue weighted by Crippen LogP contribution is 2.09. The van der Waals surface area contributed by atoms with Crippen molar-refractivity contribution >= 4 is 0 Å². The maximum absolute atomic E-state index is 5.42. The second kappa shape index (κ2) is 9.98. The van der Waals surface area contributed by atoms with Gasteiger partial charge in [0.2, 0.25) is 0 Å². The number of nitrogens with one attached hydrogen (secondary N) is 1. The first-order valence-corrected chi connectivity index (χ1v) is 7.67. The summed E-state index contributed by atoms with van der Waals surface area (Å²) in [6.07, 6.45) is 4.99. The van der Waals surface area contributed by atoms with E-state index in [4.69, 9.17) is 4.52 Å². The zero-order valence-electron chi connectivity index (χ0n) is 12.7. The van der Waals surface area contributed by atoms with Crippen molar-refractivity contribution in [2.75, 3.05) is 19.6 Å². The molecule has 1 heterocycles. The number of rotatable bonds is 11. The van der Waals surface area contributed by atoms with Crippen LogP contribution in [-0.4, -0.2) is 29.7 Å². The molecule has 1 aromatic heterocycles. The van der Waals surface area contributed by atoms with Gasteiger partial charge in [-0.05, 0) is 32.5 Å². The van der Waals surface area contributed by atoms with Gasteiger partial charge in [0.05, 0.1) is 12.2 Å². The van der Waals surface area contributed by atoms with Crippen molar-refractivity contribution in [3.8, 4) is 0 Å². The van der Waals surface area contributed by atoms with Gasteiger partial charge in [0, 0.05) is 12.6 Å². The molecule has 1 N–H and O–H groups in total. The van der Waals surface area contributed by atoms with Crippen molar-refractivity contribution in [3.63, 3.8) is 0 Å². The van der Waals surface area contributed by atoms with Gasteiger partial charge in [0.1, 0.15) is 0 Å². The van der Waals surface area contributed by atoms with Crippen LogP contribution in [-0.2, 0) is 13.1 Å². The standard InChI is InChI=1S/C15H29N3O/c1-4-7-9-18(10-8-5-2)13-15-11-14(17-19-15)12-16-6-3/h11,16H,4-10,12-13H2,1-3H3. The smallest absolute Gasteiger partial charge is 0.151 e. The largest absolute Gasteiger partial charge is 0.360 e. The highest BCUT2D eigenvalue weighted by atomic mass is 16.5. The van der Waals surface area contributed by atoms with Crippen LogP contribution in [0.5, 0.6) is 0 Å². The minimum atomic E-state index is 0.796. The van der Waals surface area contributed by atoms with Gasteiger partial charge >= 0.3 is 0 Å². The van der Waals surface area contributed by atoms with Gasteiger partial charge in [0.15, 0.2) is 5.76 Å². The van der Waals surface area contributed by atoms with E-state index < -0.39 is 0 Å². The van der Waals surface area contributed by atoms with Gasteiger partial charge in [-0.15, -0.1) is 0 Å². The summed E-state index contributed by atoms with van der Waals surface area (Å²) in [5, 5.41) is 7.37. The molecule has 0 aliphatic heterocycles. The SMILES string of the molecule is CCCCN(CCCC)Cc1cc(CNCC)no1. The van der Waals surface area contributed by atoms with Crippen LogP contribution in [0.4, 0.5) is 0 Å². The Kier molecular flexibility index (Phi) is 8.50. The predicted octanol–water partition coefficient (Wildman–Crippen LogP) is 3.19. The minimum absolute atomic E-state index is 0.796. The van der Waals surface area contributed by atoms with Crippen molar-refractivity contribution in [1.29, 1.82) is 0 Å². The monoisotopic (exact) mass is 267 g/mol. The van der Waals surface area contributed by atoms with Gasteiger partial charge in [-0.1, -0.05) is 38.8 Å². The molecule has 0 saturated heterocycles. The van der Waals surface area contributed by atoms with Crippen molar-refractivity contribution in [2.45, 2.75) is 59.5 Å². The predicted molar refractivity (Wildman–Crippen MR) is 79.0 cm³/mol. The second-order valence-electron chi connectivity index (χ2n) is 5.05. The van der Waals surface area contributed by atoms with Gasteiger partial charge in [-0.25, -0.2) is 0 Å². The lowest BCUT2D eigenvalue weighted by atomic mass is 10.2. The highest BCUT2D eigenvalue weighted by molar-refractivity contribution is 5.05. The molecule has 0 spiro atoms. The summed E-state index contributed by atoms with van der Waals surface area (Å²) in [7, 11) is 0. The maximum Gasteiger partial charge on any atom is 0.151 e. The van der Waals surface area contributed by atoms with Gasteiger partial charge < -0.3 is 9.84 Å². The molecule has 0 fully saturated rings. The van der Waals surface area contributed by atoms with E-state index in [1.165, 1.54) is 25.7 Å². The summed E-state index contributed by atoms with van der Waals surface area (Å²) >= 11 is 0. The van der Waals surface area contributed by atoms with E-state index in [1.54, 1.807) is 0 Å². The molecule has 0 bridgehead atoms. The van der Waals surface area contributed by atoms with E-state index in [1.807, 2.05) is 0 Å². The Morgan fingerprint density at radius 3 is 2.42 bits per heavy atom. The van der Waals surface area contributed by atoms with E-state index in [-0.39, 0.29) is 0 Å². The lowest BCUT2D eigenvalue weighted by Crippen LogP contribution is -2.25. The molecule has 1 rings (SSSR count). The summed E-state index contributed by atoms with van der Waals surface area (Å²) in [5.41, 5.74) is 1.00. The molecule has 0 aliphatic carbocycles. The lowest BCUT2D eigenvalue weighted by Gasteiger charge is -2.20. The van der Waals surface area contributed by atoms with Gasteiger partial charge in [0.25, 0.3) is 0 Å². The summed E-state index contributed by atoms with van der Waals surface area (Å²) in [6, 6.07) is 2.08. The van der Waals surface area contributed by atoms with E-state index in [0.29, 0.717) is 0 Å². The zero-order valence-corrected chi connectivity index (χ0v) is 12.7. The molecule has 0 unspecified atom stereocenters. The van der Waals surface area contributed by atoms with Crippen molar-refractivity contribution < 1.29 is 4.52 Å². The fourth-order valence-corrected chi connectivity index (χ4v) is 2.02. The molecular formula is C15H29N3O. The third kappa shape index (κ3) is 6.73. The first kappa shape index (κ1) is 16.2. The molecule has 19 heavy (non-hydrogen) atoms. The molecule has 0 radical (unpaired) electrons. The molecule has 1 aromatic rings. The minimum Gasteiger partial charge on any atom is -0.360 e. The topological polar surface area (TPSA) is 41.3 Å². The molecule has 4 heteroatoms. The Balaban J connectivity index is 2.44. The number of nitrogens with zero attached hydrogens (tertiary/aromatic N) is 2. The molecule has 110 valence electrons. The second-order valence-corrected chi connectivity index (χ2v) is 5.05. The molecule has 0 aromatic carbocycles. The summed E-state index contributed by atoms with van der Waals surface area (Å²) in [6.45, 7) is 11.5. The van der Waals surface area contributed by atoms with Gasteiger partial charge in [-0.3, -0.25) is 4.90 Å². The van der Waals surface area contributed by atoms with Crippen LogP contribution < -0.4 is 5.32 Å². The van der Waals surface area contributed by atoms with E-state index in [0.717, 1.165) is 44.2 Å². The first-order chi connectivity index (χ1) is 9.30. The van der Waals surface area contributed by atoms with Crippen LogP contribution in [0.2, 0.25) is 0 Å². The van der Waals surface area contributed by atoms with Crippen molar-refractivity contribution in [2.24, 2.45) is 0 Å². The lowest BCUT2D eigenvalue weighted by molar-refractivity contribution is 0.224. The zero-order chi connectivity index (χ0) is 13.9. The fraction of sp³-hybridized carbons (Fsp3) is 0.800. The first-order valence-electron chi connectivity index (χ1n) is 7.67. The Hall–Kier alpha value is -0.870. The van der Waals surface area contributed by atoms with E-state index in [2.05, 4.69) is 42.2 Å². The van der Waals surface area contributed by atoms with E-state index in [9.17, 15) is 0 Å². The maximum atomic E-state index is 5.42. The molecule has 0 atom stereocenters. The Morgan fingerprint density at radius 2 is 1.84 bits per heavy atom. The van der Waals surface area contributed by atoms with Gasteiger partial charge in [-0.2, -0.15) is 0 Å². The van der Waals surface area contributed by atoms with Crippen LogP contribution in [0.3, 0.4) is 0 Å². The Morgan fingerprint density at radius 1 is 1.16 bits per heavy atom. The summed E-state index contributed by atoms with van der Waals surface area (Å²) in [4.78, 5) is 2.48. The number of aromatic nitrogens is 1. The van der Waals surface area contributed by atoms with Crippen LogP contribution in [0.25, 0.3) is 0 Å². The Labute approximate surface area is 117 Å². The fourth-order valence-electron chi connectivity index (χ4n) is 2.02. The molecular weight excluding hydrogens is 238 g/mol. The third-order valence-corrected chi connectivity index (χ3v) is 3.20. The summed E-state index contributed by atoms with van der Waals surface area (Å²) in [5.74, 6) is 0.986. The summed E-state index contributed by atoms with van der Waals surface area (Å²) < 4.78 is 5.42. The highest BCUT2D eigenvalue weighted by Gasteiger charge is 2.09. The number of hydrogen-bond acceptors (Lipinski definition) is 4. The molecule has 0 saturated carbocycles. The molecule has 4 nitrogen and oxygen atoms in total. The van der Waals surface area contributed by atoms with Crippen LogP contribution >= 0.6 is 0 Å². The van der Waals surface area contributed by atoms with E-state index >= 15 is 0 Å². The number of unbranched alkanes of at least 4 members (excludes halogenated alkanes) is 2. The molecule has 0 aliphatic rings. The van der Waals surface area contributed by atoms with Crippen LogP contribution in [0.15, 0.2) is 10.6 Å². The quantitative estimate of drug-likeness (QED) is 0.668.